The molecule has 0 bridgehead atoms. The van der Waals surface area contributed by atoms with Gasteiger partial charge in [-0.2, -0.15) is 0 Å². The molecule has 23 nitrogen and oxygen atoms in total. The standard InChI is InChI=1S/C30H52N8O15/c1-11(29(51)38-8-6-7-18(38)30(52)53)32-23(45)16(9-39)33-27(49)21(14(4)43)37-28(50)22(15(5)44)35-24(46)17(10-40)34-26(48)20(13(3)42)36-25(47)19(31)12(2)41/h11-22,39-44H,6-10,31H2,1-5H3,(H,32,45)(H,33,49)(H,34,48)(H,35,46)(H,36,47)(H,37,50)(H,52,53)/t11-,12+,13+,14+,15+,16-,17-,18-,19-,20-,21-,22-/m0/s1. The van der Waals surface area contributed by atoms with Crippen molar-refractivity contribution in [2.45, 2.75) is 120 Å². The van der Waals surface area contributed by atoms with Crippen LogP contribution in [-0.2, 0) is 38.4 Å². The monoisotopic (exact) mass is 764 g/mol. The summed E-state index contributed by atoms with van der Waals surface area (Å²) in [5, 5.41) is 81.7. The Kier molecular flexibility index (Phi) is 18.6. The fourth-order valence-electron chi connectivity index (χ4n) is 5.00. The Morgan fingerprint density at radius 2 is 0.981 bits per heavy atom. The lowest BCUT2D eigenvalue weighted by Gasteiger charge is -2.29. The minimum absolute atomic E-state index is 0.138. The van der Waals surface area contributed by atoms with E-state index in [4.69, 9.17) is 5.73 Å². The summed E-state index contributed by atoms with van der Waals surface area (Å²) in [6.07, 6.45) is -5.64. The van der Waals surface area contributed by atoms with E-state index in [9.17, 15) is 74.1 Å². The third kappa shape index (κ3) is 13.4. The van der Waals surface area contributed by atoms with Gasteiger partial charge in [0.1, 0.15) is 48.3 Å². The molecule has 1 aliphatic heterocycles. The first-order chi connectivity index (χ1) is 24.6. The maximum atomic E-state index is 13.2. The molecule has 0 aromatic rings. The number of nitrogens with one attached hydrogen (secondary N) is 6. The van der Waals surface area contributed by atoms with Crippen molar-refractivity contribution in [2.24, 2.45) is 5.73 Å². The Morgan fingerprint density at radius 1 is 0.604 bits per heavy atom. The van der Waals surface area contributed by atoms with E-state index in [2.05, 4.69) is 31.9 Å². The third-order valence-electron chi connectivity index (χ3n) is 8.19. The van der Waals surface area contributed by atoms with E-state index in [0.717, 1.165) is 25.7 Å². The Bertz CT molecular complexity index is 1330. The molecular formula is C30H52N8O15. The van der Waals surface area contributed by atoms with Gasteiger partial charge in [0, 0.05) is 6.54 Å². The van der Waals surface area contributed by atoms with E-state index in [0.29, 0.717) is 6.42 Å². The highest BCUT2D eigenvalue weighted by Gasteiger charge is 2.39. The molecule has 0 unspecified atom stereocenters. The second-order valence-corrected chi connectivity index (χ2v) is 12.7. The second kappa shape index (κ2) is 21.2. The first kappa shape index (κ1) is 46.5. The summed E-state index contributed by atoms with van der Waals surface area (Å²) in [6, 6.07) is -12.9. The van der Waals surface area contributed by atoms with Gasteiger partial charge in [0.25, 0.3) is 0 Å². The lowest BCUT2D eigenvalue weighted by atomic mass is 10.1. The van der Waals surface area contributed by atoms with Crippen molar-refractivity contribution in [1.82, 2.24) is 36.8 Å². The van der Waals surface area contributed by atoms with Crippen molar-refractivity contribution in [1.29, 1.82) is 0 Å². The average Bonchev–Trinajstić information content (AvgIpc) is 3.58. The molecular weight excluding hydrogens is 712 g/mol. The number of amides is 7. The average molecular weight is 765 g/mol. The summed E-state index contributed by atoms with van der Waals surface area (Å²) in [6.45, 7) is 3.72. The summed E-state index contributed by atoms with van der Waals surface area (Å²) in [5.41, 5.74) is 5.53. The molecule has 0 radical (unpaired) electrons. The number of likely N-dealkylation sites (tertiary alicyclic amines) is 1. The Morgan fingerprint density at radius 3 is 1.36 bits per heavy atom. The van der Waals surface area contributed by atoms with Crippen molar-refractivity contribution in [3.63, 3.8) is 0 Å². The van der Waals surface area contributed by atoms with Gasteiger partial charge >= 0.3 is 5.97 Å². The number of nitrogens with zero attached hydrogens (tertiary/aromatic N) is 1. The van der Waals surface area contributed by atoms with Gasteiger partial charge < -0.3 is 78.3 Å². The highest BCUT2D eigenvalue weighted by Crippen LogP contribution is 2.18. The summed E-state index contributed by atoms with van der Waals surface area (Å²) in [5.74, 6) is -9.00. The first-order valence-electron chi connectivity index (χ1n) is 16.6. The molecule has 302 valence electrons. The maximum Gasteiger partial charge on any atom is 0.326 e. The Hall–Kier alpha value is -4.52. The number of hydrogen-bond donors (Lipinski definition) is 14. The number of hydrogen-bond acceptors (Lipinski definition) is 15. The number of carbonyl (C=O) groups is 8. The zero-order chi connectivity index (χ0) is 40.9. The predicted octanol–water partition coefficient (Wildman–Crippen LogP) is -8.17. The van der Waals surface area contributed by atoms with Crippen LogP contribution in [0.3, 0.4) is 0 Å². The number of rotatable bonds is 20. The Labute approximate surface area is 304 Å². The van der Waals surface area contributed by atoms with Crippen LogP contribution in [0.15, 0.2) is 0 Å². The van der Waals surface area contributed by atoms with Crippen LogP contribution in [0.2, 0.25) is 0 Å². The van der Waals surface area contributed by atoms with E-state index in [1.807, 2.05) is 0 Å². The van der Waals surface area contributed by atoms with Gasteiger partial charge in [-0.25, -0.2) is 4.79 Å². The SMILES string of the molecule is C[C@H](NC(=O)[C@H](CO)NC(=O)[C@@H](NC(=O)[C@@H](NC(=O)[C@H](CO)NC(=O)[C@@H](NC(=O)[C@@H](N)[C@@H](C)O)[C@@H](C)O)[C@@H](C)O)[C@@H](C)O)C(=O)N1CCC[C@H]1C(=O)O. The van der Waals surface area contributed by atoms with Crippen molar-refractivity contribution < 1.29 is 74.1 Å². The van der Waals surface area contributed by atoms with E-state index < -0.39 is 133 Å². The fraction of sp³-hybridized carbons (Fsp3) is 0.733. The molecule has 1 saturated heterocycles. The van der Waals surface area contributed by atoms with Gasteiger partial charge in [0.2, 0.25) is 41.4 Å². The summed E-state index contributed by atoms with van der Waals surface area (Å²) in [7, 11) is 0. The van der Waals surface area contributed by atoms with E-state index in [-0.39, 0.29) is 13.0 Å². The fourth-order valence-corrected chi connectivity index (χ4v) is 5.00. The molecule has 0 saturated carbocycles. The van der Waals surface area contributed by atoms with E-state index in [1.165, 1.54) is 13.8 Å². The molecule has 23 heteroatoms. The molecule has 1 heterocycles. The first-order valence-corrected chi connectivity index (χ1v) is 16.6. The molecule has 15 N–H and O–H groups in total. The van der Waals surface area contributed by atoms with E-state index in [1.54, 1.807) is 0 Å². The highest BCUT2D eigenvalue weighted by molar-refractivity contribution is 5.98. The van der Waals surface area contributed by atoms with Crippen molar-refractivity contribution in [3.05, 3.63) is 0 Å². The summed E-state index contributed by atoms with van der Waals surface area (Å²) < 4.78 is 0. The Balaban J connectivity index is 3.00. The molecule has 1 aliphatic rings. The minimum Gasteiger partial charge on any atom is -0.480 e. The van der Waals surface area contributed by atoms with Crippen LogP contribution in [-0.4, -0.2) is 180 Å². The maximum absolute atomic E-state index is 13.2. The van der Waals surface area contributed by atoms with Crippen LogP contribution in [0, 0.1) is 0 Å². The van der Waals surface area contributed by atoms with Crippen LogP contribution < -0.4 is 37.6 Å². The summed E-state index contributed by atoms with van der Waals surface area (Å²) >= 11 is 0. The highest BCUT2D eigenvalue weighted by atomic mass is 16.4. The van der Waals surface area contributed by atoms with E-state index >= 15 is 0 Å². The van der Waals surface area contributed by atoms with Crippen LogP contribution in [0.25, 0.3) is 0 Å². The molecule has 0 spiro atoms. The second-order valence-electron chi connectivity index (χ2n) is 12.7. The molecule has 0 aromatic heterocycles. The predicted molar refractivity (Wildman–Crippen MR) is 178 cm³/mol. The van der Waals surface area contributed by atoms with Crippen molar-refractivity contribution >= 4 is 47.3 Å². The lowest BCUT2D eigenvalue weighted by Crippen LogP contribution is -2.64. The molecule has 0 aromatic carbocycles. The van der Waals surface area contributed by atoms with Gasteiger partial charge in [-0.3, -0.25) is 33.6 Å². The number of aliphatic hydroxyl groups excluding tert-OH is 6. The number of carboxylic acids is 1. The number of nitrogens with two attached hydrogens (primary N) is 1. The summed E-state index contributed by atoms with van der Waals surface area (Å²) in [4.78, 5) is 102. The number of carbonyl (C=O) groups excluding carboxylic acids is 7. The molecule has 7 amide bonds. The molecule has 53 heavy (non-hydrogen) atoms. The van der Waals surface area contributed by atoms with Crippen LogP contribution in [0.4, 0.5) is 0 Å². The molecule has 1 rings (SSSR count). The number of carboxylic acid groups (broad SMARTS) is 1. The zero-order valence-corrected chi connectivity index (χ0v) is 29.9. The smallest absolute Gasteiger partial charge is 0.326 e. The largest absolute Gasteiger partial charge is 0.480 e. The van der Waals surface area contributed by atoms with Gasteiger partial charge in [-0.1, -0.05) is 0 Å². The van der Waals surface area contributed by atoms with Crippen LogP contribution in [0.1, 0.15) is 47.5 Å². The normalized spacial score (nSPS) is 20.4. The van der Waals surface area contributed by atoms with Crippen molar-refractivity contribution in [2.75, 3.05) is 19.8 Å². The van der Waals surface area contributed by atoms with Crippen LogP contribution >= 0.6 is 0 Å². The lowest BCUT2D eigenvalue weighted by molar-refractivity contribution is -0.149. The molecule has 12 atom stereocenters. The topological polar surface area (TPSA) is 380 Å². The quantitative estimate of drug-likeness (QED) is 0.0547. The molecule has 0 aliphatic carbocycles. The zero-order valence-electron chi connectivity index (χ0n) is 29.9. The van der Waals surface area contributed by atoms with Gasteiger partial charge in [-0.15, -0.1) is 0 Å². The molecule has 1 fully saturated rings. The van der Waals surface area contributed by atoms with Gasteiger partial charge in [0.15, 0.2) is 0 Å². The minimum atomic E-state index is -1.90. The van der Waals surface area contributed by atoms with Gasteiger partial charge in [0.05, 0.1) is 37.6 Å². The number of aliphatic hydroxyl groups is 6. The van der Waals surface area contributed by atoms with Crippen LogP contribution in [0.5, 0.6) is 0 Å². The third-order valence-corrected chi connectivity index (χ3v) is 8.19. The van der Waals surface area contributed by atoms with Gasteiger partial charge in [-0.05, 0) is 47.5 Å². The number of aliphatic carboxylic acids is 1. The van der Waals surface area contributed by atoms with Crippen molar-refractivity contribution in [3.8, 4) is 0 Å².